The number of carbonyl (C=O) groups excluding carboxylic acids is 1. The zero-order valence-corrected chi connectivity index (χ0v) is 15.7. The average Bonchev–Trinajstić information content (AvgIpc) is 2.48. The summed E-state index contributed by atoms with van der Waals surface area (Å²) in [7, 11) is -3.64. The van der Waals surface area contributed by atoms with Crippen LogP contribution in [0.15, 0.2) is 35.7 Å². The van der Waals surface area contributed by atoms with Crippen LogP contribution in [0.1, 0.15) is 32.3 Å². The predicted molar refractivity (Wildman–Crippen MR) is 95.5 cm³/mol. The number of benzene rings is 1. The highest BCUT2D eigenvalue weighted by molar-refractivity contribution is 7.89. The Labute approximate surface area is 148 Å². The number of halogens is 1. The van der Waals surface area contributed by atoms with Crippen molar-refractivity contribution in [2.75, 3.05) is 0 Å². The molecule has 1 aromatic carbocycles. The Morgan fingerprint density at radius 1 is 1.33 bits per heavy atom. The van der Waals surface area contributed by atoms with E-state index in [2.05, 4.69) is 11.9 Å². The third kappa shape index (κ3) is 3.82. The van der Waals surface area contributed by atoms with Crippen molar-refractivity contribution in [2.45, 2.75) is 56.6 Å². The number of amides is 1. The first kappa shape index (κ1) is 19.0. The van der Waals surface area contributed by atoms with E-state index in [1.54, 1.807) is 12.1 Å². The van der Waals surface area contributed by atoms with Gasteiger partial charge in [0, 0.05) is 23.1 Å². The Bertz CT molecular complexity index is 736. The van der Waals surface area contributed by atoms with Crippen molar-refractivity contribution in [3.63, 3.8) is 0 Å². The van der Waals surface area contributed by atoms with Crippen LogP contribution in [0.3, 0.4) is 0 Å². The number of rotatable bonds is 4. The van der Waals surface area contributed by atoms with Gasteiger partial charge in [0.05, 0.1) is 4.90 Å². The molecule has 1 aliphatic heterocycles. The molecule has 1 saturated heterocycles. The van der Waals surface area contributed by atoms with E-state index in [-0.39, 0.29) is 28.9 Å². The second-order valence-corrected chi connectivity index (χ2v) is 8.58. The van der Waals surface area contributed by atoms with Crippen LogP contribution in [0, 0.1) is 6.92 Å². The second kappa shape index (κ2) is 7.25. The smallest absolute Gasteiger partial charge is 0.243 e. The van der Waals surface area contributed by atoms with Crippen LogP contribution in [0.4, 0.5) is 0 Å². The van der Waals surface area contributed by atoms with Gasteiger partial charge >= 0.3 is 0 Å². The zero-order chi connectivity index (χ0) is 18.1. The van der Waals surface area contributed by atoms with Crippen molar-refractivity contribution < 1.29 is 13.2 Å². The monoisotopic (exact) mass is 370 g/mol. The summed E-state index contributed by atoms with van der Waals surface area (Å²) in [4.78, 5) is 11.7. The number of nitrogens with zero attached hydrogens (tertiary/aromatic N) is 1. The van der Waals surface area contributed by atoms with Crippen molar-refractivity contribution in [3.8, 4) is 0 Å². The van der Waals surface area contributed by atoms with Gasteiger partial charge in [0.25, 0.3) is 0 Å². The number of carbonyl (C=O) groups is 1. The number of piperidine rings is 1. The molecule has 1 amide bonds. The van der Waals surface area contributed by atoms with Gasteiger partial charge < -0.3 is 5.32 Å². The SMILES string of the molecule is C=CC(=O)NC1CC(C)N(S(=O)(=O)c2ccc(C)c(Cl)c2)C(C)C1. The molecule has 24 heavy (non-hydrogen) atoms. The fourth-order valence-corrected chi connectivity index (χ4v) is 5.38. The van der Waals surface area contributed by atoms with E-state index in [0.717, 1.165) is 5.56 Å². The summed E-state index contributed by atoms with van der Waals surface area (Å²) >= 11 is 6.09. The van der Waals surface area contributed by atoms with Gasteiger partial charge in [0.2, 0.25) is 15.9 Å². The first-order valence-corrected chi connectivity index (χ1v) is 9.71. The Morgan fingerprint density at radius 2 is 1.92 bits per heavy atom. The third-order valence-corrected chi connectivity index (χ3v) is 6.90. The Hall–Kier alpha value is -1.37. The first-order chi connectivity index (χ1) is 11.2. The normalized spacial score (nSPS) is 25.2. The highest BCUT2D eigenvalue weighted by atomic mass is 35.5. The maximum atomic E-state index is 13.0. The molecule has 1 N–H and O–H groups in total. The van der Waals surface area contributed by atoms with E-state index in [9.17, 15) is 13.2 Å². The summed E-state index contributed by atoms with van der Waals surface area (Å²) in [6.45, 7) is 8.99. The molecule has 1 heterocycles. The molecule has 132 valence electrons. The van der Waals surface area contributed by atoms with E-state index in [4.69, 9.17) is 11.6 Å². The molecule has 0 spiro atoms. The number of hydrogen-bond donors (Lipinski definition) is 1. The molecule has 1 fully saturated rings. The molecule has 7 heteroatoms. The lowest BCUT2D eigenvalue weighted by Gasteiger charge is -2.41. The van der Waals surface area contributed by atoms with Gasteiger partial charge in [-0.1, -0.05) is 24.2 Å². The maximum Gasteiger partial charge on any atom is 0.243 e. The van der Waals surface area contributed by atoms with Crippen molar-refractivity contribution >= 4 is 27.5 Å². The van der Waals surface area contributed by atoms with Crippen molar-refractivity contribution in [2.24, 2.45) is 0 Å². The van der Waals surface area contributed by atoms with Crippen molar-refractivity contribution in [1.29, 1.82) is 0 Å². The quantitative estimate of drug-likeness (QED) is 0.829. The van der Waals surface area contributed by atoms with Crippen LogP contribution in [0.25, 0.3) is 0 Å². The predicted octanol–water partition coefficient (Wildman–Crippen LogP) is 2.88. The first-order valence-electron chi connectivity index (χ1n) is 7.89. The highest BCUT2D eigenvalue weighted by Crippen LogP contribution is 2.31. The molecular weight excluding hydrogens is 348 g/mol. The molecule has 2 atom stereocenters. The molecule has 5 nitrogen and oxygen atoms in total. The van der Waals surface area contributed by atoms with Gasteiger partial charge in [-0.3, -0.25) is 4.79 Å². The lowest BCUT2D eigenvalue weighted by atomic mass is 9.95. The van der Waals surface area contributed by atoms with Gasteiger partial charge in [-0.2, -0.15) is 4.31 Å². The van der Waals surface area contributed by atoms with Crippen LogP contribution in [-0.4, -0.2) is 36.8 Å². The topological polar surface area (TPSA) is 66.5 Å². The molecule has 0 aliphatic carbocycles. The fourth-order valence-electron chi connectivity index (χ4n) is 3.27. The highest BCUT2D eigenvalue weighted by Gasteiger charge is 2.39. The summed E-state index contributed by atoms with van der Waals surface area (Å²) in [5, 5.41) is 3.29. The minimum absolute atomic E-state index is 0.0615. The van der Waals surface area contributed by atoms with E-state index in [0.29, 0.717) is 17.9 Å². The van der Waals surface area contributed by atoms with Crippen LogP contribution in [0.2, 0.25) is 5.02 Å². The standard InChI is InChI=1S/C17H23ClN2O3S/c1-5-17(21)19-14-8-12(3)20(13(4)9-14)24(22,23)15-7-6-11(2)16(18)10-15/h5-7,10,12-14H,1,8-9H2,2-4H3,(H,19,21). The Balaban J connectivity index is 2.26. The van der Waals surface area contributed by atoms with E-state index >= 15 is 0 Å². The summed E-state index contributed by atoms with van der Waals surface area (Å²) in [5.74, 6) is -0.235. The Morgan fingerprint density at radius 3 is 2.42 bits per heavy atom. The molecule has 0 radical (unpaired) electrons. The summed E-state index contributed by atoms with van der Waals surface area (Å²) in [6, 6.07) is 4.27. The van der Waals surface area contributed by atoms with E-state index in [1.165, 1.54) is 16.4 Å². The van der Waals surface area contributed by atoms with Crippen LogP contribution >= 0.6 is 11.6 Å². The number of nitrogens with one attached hydrogen (secondary N) is 1. The number of hydrogen-bond acceptors (Lipinski definition) is 3. The molecule has 0 saturated carbocycles. The van der Waals surface area contributed by atoms with Crippen molar-refractivity contribution in [3.05, 3.63) is 41.4 Å². The van der Waals surface area contributed by atoms with Gasteiger partial charge in [0.1, 0.15) is 0 Å². The third-order valence-electron chi connectivity index (χ3n) is 4.37. The fraction of sp³-hybridized carbons (Fsp3) is 0.471. The molecule has 2 rings (SSSR count). The zero-order valence-electron chi connectivity index (χ0n) is 14.1. The Kier molecular flexibility index (Phi) is 5.73. The lowest BCUT2D eigenvalue weighted by molar-refractivity contribution is -0.117. The molecule has 1 aliphatic rings. The van der Waals surface area contributed by atoms with E-state index < -0.39 is 10.0 Å². The van der Waals surface area contributed by atoms with Gasteiger partial charge in [-0.15, -0.1) is 0 Å². The minimum atomic E-state index is -3.64. The molecule has 0 bridgehead atoms. The number of aryl methyl sites for hydroxylation is 1. The average molecular weight is 371 g/mol. The van der Waals surface area contributed by atoms with E-state index in [1.807, 2.05) is 20.8 Å². The minimum Gasteiger partial charge on any atom is -0.350 e. The lowest BCUT2D eigenvalue weighted by Crippen LogP contribution is -2.54. The van der Waals surface area contributed by atoms with Crippen LogP contribution < -0.4 is 5.32 Å². The molecule has 1 aromatic rings. The summed E-state index contributed by atoms with van der Waals surface area (Å²) in [6.07, 6.45) is 2.35. The molecule has 0 aromatic heterocycles. The number of sulfonamides is 1. The van der Waals surface area contributed by atoms with Crippen LogP contribution in [-0.2, 0) is 14.8 Å². The van der Waals surface area contributed by atoms with Gasteiger partial charge in [-0.05, 0) is 57.4 Å². The van der Waals surface area contributed by atoms with Gasteiger partial charge in [0.15, 0.2) is 0 Å². The largest absolute Gasteiger partial charge is 0.350 e. The summed E-state index contributed by atoms with van der Waals surface area (Å²) in [5.41, 5.74) is 0.836. The molecular formula is C17H23ClN2O3S. The van der Waals surface area contributed by atoms with Crippen molar-refractivity contribution in [1.82, 2.24) is 9.62 Å². The summed E-state index contributed by atoms with van der Waals surface area (Å²) < 4.78 is 27.6. The van der Waals surface area contributed by atoms with Gasteiger partial charge in [-0.25, -0.2) is 8.42 Å². The molecule has 2 unspecified atom stereocenters. The second-order valence-electron chi connectivity index (χ2n) is 6.33. The van der Waals surface area contributed by atoms with Crippen LogP contribution in [0.5, 0.6) is 0 Å². The maximum absolute atomic E-state index is 13.0.